The van der Waals surface area contributed by atoms with Crippen molar-refractivity contribution in [2.45, 2.75) is 106 Å². The number of ether oxygens (including phenoxy) is 1. The summed E-state index contributed by atoms with van der Waals surface area (Å²) in [4.78, 5) is 3.94. The minimum Gasteiger partial charge on any atom is -0.394 e. The van der Waals surface area contributed by atoms with Crippen LogP contribution >= 0.6 is 16.4 Å². The SMILES string of the molecule is CC(C)(C)O.CC(C)(C)OO.CCOP(=O)(OCC)OCC.CCOP(OCC)OCC.OC/C=C/c1ccccc1.OC[C@H]1OC1c1ccccc1. The maximum Gasteiger partial charge on any atom is 0.474 e. The number of benzene rings is 2. The fraction of sp³-hybridized carbons (Fsp3) is 0.632. The third-order valence-electron chi connectivity index (χ3n) is 4.94. The Hall–Kier alpha value is -1.64. The van der Waals surface area contributed by atoms with Crippen LogP contribution in [-0.2, 0) is 41.3 Å². The molecule has 4 N–H and O–H groups in total. The Morgan fingerprint density at radius 3 is 1.38 bits per heavy atom. The van der Waals surface area contributed by atoms with Gasteiger partial charge in [0.25, 0.3) is 0 Å². The van der Waals surface area contributed by atoms with Crippen molar-refractivity contribution in [2.24, 2.45) is 0 Å². The molecule has 310 valence electrons. The maximum atomic E-state index is 11.3. The fourth-order valence-corrected chi connectivity index (χ4v) is 5.01. The number of phosphoric acid groups is 1. The molecule has 0 amide bonds. The molecule has 0 aromatic heterocycles. The first kappa shape index (κ1) is 55.7. The molecule has 13 nitrogen and oxygen atoms in total. The van der Waals surface area contributed by atoms with Crippen molar-refractivity contribution in [3.63, 3.8) is 0 Å². The van der Waals surface area contributed by atoms with E-state index in [1.807, 2.05) is 87.5 Å². The molecule has 1 heterocycles. The fourth-order valence-electron chi connectivity index (χ4n) is 2.98. The van der Waals surface area contributed by atoms with Gasteiger partial charge in [-0.3, -0.25) is 18.8 Å². The zero-order chi connectivity index (χ0) is 41.2. The quantitative estimate of drug-likeness (QED) is 0.0548. The lowest BCUT2D eigenvalue weighted by Crippen LogP contribution is -2.15. The van der Waals surface area contributed by atoms with Gasteiger partial charge in [0.2, 0.25) is 0 Å². The van der Waals surface area contributed by atoms with E-state index >= 15 is 0 Å². The number of epoxide rings is 1. The molecule has 1 unspecified atom stereocenters. The van der Waals surface area contributed by atoms with E-state index in [9.17, 15) is 4.57 Å². The van der Waals surface area contributed by atoms with E-state index in [2.05, 4.69) is 4.89 Å². The Labute approximate surface area is 321 Å². The average Bonchev–Trinajstić information content (AvgIpc) is 3.89. The smallest absolute Gasteiger partial charge is 0.394 e. The summed E-state index contributed by atoms with van der Waals surface area (Å²) in [5.41, 5.74) is 1.38. The topological polar surface area (TPSA) is 175 Å². The highest BCUT2D eigenvalue weighted by atomic mass is 31.2. The number of hydrogen-bond donors (Lipinski definition) is 4. The Morgan fingerprint density at radius 2 is 1.09 bits per heavy atom. The monoisotopic (exact) mass is 796 g/mol. The van der Waals surface area contributed by atoms with E-state index < -0.39 is 27.6 Å². The molecule has 53 heavy (non-hydrogen) atoms. The molecule has 15 heteroatoms. The minimum absolute atomic E-state index is 0.0393. The second-order valence-electron chi connectivity index (χ2n) is 12.2. The lowest BCUT2D eigenvalue weighted by molar-refractivity contribution is -0.306. The Kier molecular flexibility index (Phi) is 36.6. The van der Waals surface area contributed by atoms with Crippen molar-refractivity contribution in [1.29, 1.82) is 0 Å². The van der Waals surface area contributed by atoms with Gasteiger partial charge in [-0.25, -0.2) is 9.45 Å². The third-order valence-corrected chi connectivity index (χ3v) is 8.08. The zero-order valence-electron chi connectivity index (χ0n) is 34.1. The summed E-state index contributed by atoms with van der Waals surface area (Å²) in [7, 11) is -4.28. The molecule has 0 spiro atoms. The van der Waals surface area contributed by atoms with Gasteiger partial charge in [0.15, 0.2) is 0 Å². The first-order valence-electron chi connectivity index (χ1n) is 17.8. The molecule has 1 aliphatic heterocycles. The van der Waals surface area contributed by atoms with Gasteiger partial charge in [-0.05, 0) is 94.2 Å². The summed E-state index contributed by atoms with van der Waals surface area (Å²) in [6, 6.07) is 19.8. The highest BCUT2D eigenvalue weighted by Gasteiger charge is 2.39. The Morgan fingerprint density at radius 1 is 0.717 bits per heavy atom. The lowest BCUT2D eigenvalue weighted by atomic mass is 10.1. The van der Waals surface area contributed by atoms with Crippen LogP contribution in [0.15, 0.2) is 66.7 Å². The summed E-state index contributed by atoms with van der Waals surface area (Å²) in [6.45, 7) is 24.7. The normalized spacial score (nSPS) is 14.9. The van der Waals surface area contributed by atoms with E-state index in [4.69, 9.17) is 52.5 Å². The van der Waals surface area contributed by atoms with Crippen molar-refractivity contribution in [3.05, 3.63) is 77.9 Å². The highest BCUT2D eigenvalue weighted by Crippen LogP contribution is 2.48. The number of hydrogen-bond acceptors (Lipinski definition) is 13. The van der Waals surface area contributed by atoms with Crippen LogP contribution in [0.2, 0.25) is 0 Å². The minimum atomic E-state index is -3.22. The predicted octanol–water partition coefficient (Wildman–Crippen LogP) is 9.39. The molecule has 2 aromatic rings. The predicted molar refractivity (Wildman–Crippen MR) is 213 cm³/mol. The summed E-state index contributed by atoms with van der Waals surface area (Å²) < 4.78 is 46.4. The van der Waals surface area contributed by atoms with Crippen molar-refractivity contribution in [2.75, 3.05) is 52.9 Å². The number of aliphatic hydroxyl groups is 3. The van der Waals surface area contributed by atoms with Crippen LogP contribution in [0.3, 0.4) is 0 Å². The van der Waals surface area contributed by atoms with E-state index in [1.54, 1.807) is 68.4 Å². The molecule has 2 aromatic carbocycles. The largest absolute Gasteiger partial charge is 0.474 e. The molecule has 1 fully saturated rings. The molecule has 0 radical (unpaired) electrons. The van der Waals surface area contributed by atoms with Gasteiger partial charge in [-0.2, -0.15) is 0 Å². The van der Waals surface area contributed by atoms with Crippen LogP contribution in [0.4, 0.5) is 0 Å². The lowest BCUT2D eigenvalue weighted by Gasteiger charge is -2.14. The van der Waals surface area contributed by atoms with Gasteiger partial charge in [-0.15, -0.1) is 0 Å². The molecule has 2 atom stereocenters. The van der Waals surface area contributed by atoms with Crippen molar-refractivity contribution >= 4 is 22.5 Å². The maximum absolute atomic E-state index is 11.3. The molecule has 0 aliphatic carbocycles. The first-order chi connectivity index (χ1) is 24.9. The van der Waals surface area contributed by atoms with E-state index in [0.29, 0.717) is 39.6 Å². The number of phosphoric ester groups is 1. The summed E-state index contributed by atoms with van der Waals surface area (Å²) >= 11 is 0. The van der Waals surface area contributed by atoms with Gasteiger partial charge in [-0.1, -0.05) is 72.8 Å². The van der Waals surface area contributed by atoms with Crippen LogP contribution in [-0.4, -0.2) is 90.7 Å². The van der Waals surface area contributed by atoms with Crippen molar-refractivity contribution < 1.29 is 61.9 Å². The van der Waals surface area contributed by atoms with Crippen LogP contribution in [0, 0.1) is 0 Å². The molecular formula is C38H70O13P2. The number of aliphatic hydroxyl groups excluding tert-OH is 2. The summed E-state index contributed by atoms with van der Waals surface area (Å²) in [6.07, 6.45) is 3.79. The van der Waals surface area contributed by atoms with Gasteiger partial charge < -0.3 is 33.6 Å². The molecule has 1 aliphatic rings. The van der Waals surface area contributed by atoms with Crippen LogP contribution in [0.5, 0.6) is 0 Å². The van der Waals surface area contributed by atoms with Gasteiger partial charge >= 0.3 is 16.4 Å². The molecule has 0 saturated carbocycles. The van der Waals surface area contributed by atoms with E-state index in [1.165, 1.54) is 0 Å². The number of rotatable bonds is 16. The Balaban J connectivity index is -0.000000578. The Bertz CT molecular complexity index is 1080. The first-order valence-corrected chi connectivity index (χ1v) is 20.4. The second kappa shape index (κ2) is 34.8. The van der Waals surface area contributed by atoms with Crippen molar-refractivity contribution in [1.82, 2.24) is 0 Å². The zero-order valence-corrected chi connectivity index (χ0v) is 35.9. The summed E-state index contributed by atoms with van der Waals surface area (Å²) in [5, 5.41) is 33.6. The second-order valence-corrected chi connectivity index (χ2v) is 15.1. The average molecular weight is 797 g/mol. The van der Waals surface area contributed by atoms with Gasteiger partial charge in [0, 0.05) is 0 Å². The molecule has 3 rings (SSSR count). The van der Waals surface area contributed by atoms with Gasteiger partial charge in [0.05, 0.1) is 64.1 Å². The van der Waals surface area contributed by atoms with Crippen LogP contribution in [0.25, 0.3) is 6.08 Å². The third kappa shape index (κ3) is 39.9. The van der Waals surface area contributed by atoms with Gasteiger partial charge in [0.1, 0.15) is 12.2 Å². The standard InChI is InChI=1S/C9H10O2.C9H10O.C6H15O4P.C6H15O3P.C4H10O2.C4H10O/c10-6-8-9(11-8)7-4-2-1-3-5-7;10-8-4-7-9-5-2-1-3-6-9;1-4-8-11(7,9-5-2)10-6-3;1-4-7-10(8-5-2)9-6-3;1-4(2,3)6-5;1-4(2,3)5/h1-5,8-10H,6H2;1-7,10H,8H2;4-6H2,1-3H3;4-6H2,1-3H3;5H,1-3H3;5H,1-3H3/b;7-4+;;;;/t8-,9?;;;;;/m1...../s1. The van der Waals surface area contributed by atoms with E-state index in [0.717, 1.165) is 11.1 Å². The highest BCUT2D eigenvalue weighted by molar-refractivity contribution is 7.48. The van der Waals surface area contributed by atoms with E-state index in [-0.39, 0.29) is 25.4 Å². The summed E-state index contributed by atoms with van der Waals surface area (Å²) in [5.74, 6) is 0. The molecule has 0 bridgehead atoms. The molecular weight excluding hydrogens is 726 g/mol. The van der Waals surface area contributed by atoms with Crippen LogP contribution in [0.1, 0.15) is 100 Å². The van der Waals surface area contributed by atoms with Crippen LogP contribution < -0.4 is 0 Å². The molecule has 1 saturated heterocycles. The van der Waals surface area contributed by atoms with Crippen molar-refractivity contribution in [3.8, 4) is 0 Å².